The average Bonchev–Trinajstić information content (AvgIpc) is 2.47. The molecular formula is C10H20O2. The van der Waals surface area contributed by atoms with Crippen molar-refractivity contribution in [1.82, 2.24) is 0 Å². The third-order valence-corrected chi connectivity index (χ3v) is 2.75. The van der Waals surface area contributed by atoms with E-state index in [9.17, 15) is 0 Å². The minimum absolute atomic E-state index is 0.310. The fourth-order valence-electron chi connectivity index (χ4n) is 1.80. The van der Waals surface area contributed by atoms with Crippen molar-refractivity contribution in [3.05, 3.63) is 0 Å². The van der Waals surface area contributed by atoms with Gasteiger partial charge in [-0.2, -0.15) is 0 Å². The second-order valence-electron chi connectivity index (χ2n) is 3.84. The van der Waals surface area contributed by atoms with Crippen LogP contribution in [0.5, 0.6) is 0 Å². The maximum atomic E-state index is 9.00. The van der Waals surface area contributed by atoms with Crippen LogP contribution in [0.3, 0.4) is 0 Å². The van der Waals surface area contributed by atoms with Crippen LogP contribution in [0.25, 0.3) is 0 Å². The summed E-state index contributed by atoms with van der Waals surface area (Å²) >= 11 is 0. The number of rotatable bonds is 4. The molecule has 0 aromatic carbocycles. The van der Waals surface area contributed by atoms with E-state index in [0.717, 1.165) is 12.8 Å². The Hall–Kier alpha value is -0.0800. The van der Waals surface area contributed by atoms with E-state index >= 15 is 0 Å². The van der Waals surface area contributed by atoms with Crippen molar-refractivity contribution >= 4 is 0 Å². The summed E-state index contributed by atoms with van der Waals surface area (Å²) in [7, 11) is 0. The smallest absolute Gasteiger partial charge is 0.0583 e. The lowest BCUT2D eigenvalue weighted by Gasteiger charge is -2.16. The molecule has 3 unspecified atom stereocenters. The molecule has 1 fully saturated rings. The van der Waals surface area contributed by atoms with Crippen LogP contribution >= 0.6 is 0 Å². The molecule has 0 saturated carbocycles. The molecule has 72 valence electrons. The maximum absolute atomic E-state index is 9.00. The van der Waals surface area contributed by atoms with Gasteiger partial charge in [0.25, 0.3) is 0 Å². The van der Waals surface area contributed by atoms with Crippen LogP contribution in [-0.4, -0.2) is 23.9 Å². The second-order valence-corrected chi connectivity index (χ2v) is 3.84. The highest BCUT2D eigenvalue weighted by molar-refractivity contribution is 4.73. The quantitative estimate of drug-likeness (QED) is 0.702. The van der Waals surface area contributed by atoms with E-state index in [0.29, 0.717) is 24.7 Å². The number of aliphatic hydroxyl groups excluding tert-OH is 1. The van der Waals surface area contributed by atoms with Gasteiger partial charge in [-0.1, -0.05) is 13.3 Å². The summed E-state index contributed by atoms with van der Waals surface area (Å²) in [5.74, 6) is 0.445. The van der Waals surface area contributed by atoms with E-state index in [4.69, 9.17) is 9.84 Å². The Balaban J connectivity index is 2.21. The van der Waals surface area contributed by atoms with Crippen LogP contribution < -0.4 is 0 Å². The Kier molecular flexibility index (Phi) is 4.02. The molecule has 1 saturated heterocycles. The molecule has 1 rings (SSSR count). The lowest BCUT2D eigenvalue weighted by molar-refractivity contribution is 0.0333. The maximum Gasteiger partial charge on any atom is 0.0583 e. The predicted octanol–water partition coefficient (Wildman–Crippen LogP) is 1.96. The first kappa shape index (κ1) is 10.0. The molecule has 0 spiro atoms. The van der Waals surface area contributed by atoms with Crippen molar-refractivity contribution in [1.29, 1.82) is 0 Å². The van der Waals surface area contributed by atoms with Crippen LogP contribution in [-0.2, 0) is 4.74 Å². The molecule has 0 aromatic heterocycles. The average molecular weight is 172 g/mol. The molecule has 1 aliphatic heterocycles. The van der Waals surface area contributed by atoms with Gasteiger partial charge in [-0.05, 0) is 32.1 Å². The van der Waals surface area contributed by atoms with E-state index in [1.807, 2.05) is 0 Å². The molecule has 2 heteroatoms. The third-order valence-electron chi connectivity index (χ3n) is 2.75. The normalized spacial score (nSPS) is 32.2. The highest BCUT2D eigenvalue weighted by atomic mass is 16.5. The minimum atomic E-state index is 0.310. The summed E-state index contributed by atoms with van der Waals surface area (Å²) in [6.45, 7) is 4.56. The summed E-state index contributed by atoms with van der Waals surface area (Å²) < 4.78 is 5.68. The molecule has 0 amide bonds. The monoisotopic (exact) mass is 172 g/mol. The van der Waals surface area contributed by atoms with Crippen LogP contribution in [0.4, 0.5) is 0 Å². The Morgan fingerprint density at radius 3 is 2.67 bits per heavy atom. The first-order valence-corrected chi connectivity index (χ1v) is 5.02. The van der Waals surface area contributed by atoms with E-state index in [1.54, 1.807) is 0 Å². The standard InChI is InChI=1S/C10H20O2/c1-3-9(7-11)6-10-5-4-8(2)12-10/h8-11H,3-7H2,1-2H3. The molecule has 0 aromatic rings. The third kappa shape index (κ3) is 2.76. The van der Waals surface area contributed by atoms with E-state index in [-0.39, 0.29) is 0 Å². The SMILES string of the molecule is CCC(CO)CC1CCC(C)O1. The van der Waals surface area contributed by atoms with Gasteiger partial charge in [0.05, 0.1) is 12.2 Å². The van der Waals surface area contributed by atoms with Crippen molar-refractivity contribution in [2.75, 3.05) is 6.61 Å². The molecule has 1 heterocycles. The summed E-state index contributed by atoms with van der Waals surface area (Å²) in [6, 6.07) is 0. The van der Waals surface area contributed by atoms with Crippen molar-refractivity contribution in [3.8, 4) is 0 Å². The molecule has 0 aliphatic carbocycles. The van der Waals surface area contributed by atoms with Gasteiger partial charge in [-0.15, -0.1) is 0 Å². The van der Waals surface area contributed by atoms with Crippen molar-refractivity contribution in [2.24, 2.45) is 5.92 Å². The Morgan fingerprint density at radius 2 is 2.25 bits per heavy atom. The van der Waals surface area contributed by atoms with Crippen molar-refractivity contribution in [2.45, 2.75) is 51.7 Å². The number of aliphatic hydroxyl groups is 1. The Labute approximate surface area is 74.9 Å². The fourth-order valence-corrected chi connectivity index (χ4v) is 1.80. The fraction of sp³-hybridized carbons (Fsp3) is 1.00. The zero-order chi connectivity index (χ0) is 8.97. The first-order chi connectivity index (χ1) is 5.76. The highest BCUT2D eigenvalue weighted by Gasteiger charge is 2.23. The zero-order valence-corrected chi connectivity index (χ0v) is 8.12. The summed E-state index contributed by atoms with van der Waals surface area (Å²) in [5.41, 5.74) is 0. The Morgan fingerprint density at radius 1 is 1.50 bits per heavy atom. The molecule has 3 atom stereocenters. The van der Waals surface area contributed by atoms with Gasteiger partial charge >= 0.3 is 0 Å². The second kappa shape index (κ2) is 4.83. The number of hydrogen-bond donors (Lipinski definition) is 1. The number of ether oxygens (including phenoxy) is 1. The van der Waals surface area contributed by atoms with Crippen LogP contribution in [0.1, 0.15) is 39.5 Å². The molecule has 1 aliphatic rings. The molecule has 0 bridgehead atoms. The van der Waals surface area contributed by atoms with Gasteiger partial charge in [0, 0.05) is 6.61 Å². The molecule has 2 nitrogen and oxygen atoms in total. The topological polar surface area (TPSA) is 29.5 Å². The van der Waals surface area contributed by atoms with Crippen molar-refractivity contribution in [3.63, 3.8) is 0 Å². The van der Waals surface area contributed by atoms with E-state index < -0.39 is 0 Å². The van der Waals surface area contributed by atoms with Gasteiger partial charge in [-0.25, -0.2) is 0 Å². The van der Waals surface area contributed by atoms with Gasteiger partial charge in [0.15, 0.2) is 0 Å². The molecule has 12 heavy (non-hydrogen) atoms. The van der Waals surface area contributed by atoms with Gasteiger partial charge in [0.2, 0.25) is 0 Å². The van der Waals surface area contributed by atoms with Gasteiger partial charge < -0.3 is 9.84 Å². The minimum Gasteiger partial charge on any atom is -0.396 e. The lowest BCUT2D eigenvalue weighted by atomic mass is 9.98. The molecule has 0 radical (unpaired) electrons. The van der Waals surface area contributed by atoms with Crippen LogP contribution in [0.2, 0.25) is 0 Å². The lowest BCUT2D eigenvalue weighted by Crippen LogP contribution is -2.16. The summed E-state index contributed by atoms with van der Waals surface area (Å²) in [6.07, 6.45) is 5.31. The summed E-state index contributed by atoms with van der Waals surface area (Å²) in [4.78, 5) is 0. The molecular weight excluding hydrogens is 152 g/mol. The van der Waals surface area contributed by atoms with Gasteiger partial charge in [0.1, 0.15) is 0 Å². The largest absolute Gasteiger partial charge is 0.396 e. The van der Waals surface area contributed by atoms with E-state index in [2.05, 4.69) is 13.8 Å². The van der Waals surface area contributed by atoms with Crippen LogP contribution in [0.15, 0.2) is 0 Å². The van der Waals surface area contributed by atoms with Gasteiger partial charge in [-0.3, -0.25) is 0 Å². The van der Waals surface area contributed by atoms with E-state index in [1.165, 1.54) is 12.8 Å². The first-order valence-electron chi connectivity index (χ1n) is 5.02. The molecule has 1 N–H and O–H groups in total. The number of hydrogen-bond acceptors (Lipinski definition) is 2. The predicted molar refractivity (Wildman–Crippen MR) is 49.1 cm³/mol. The zero-order valence-electron chi connectivity index (χ0n) is 8.12. The van der Waals surface area contributed by atoms with Crippen LogP contribution in [0, 0.1) is 5.92 Å². The highest BCUT2D eigenvalue weighted by Crippen LogP contribution is 2.25. The Bertz CT molecular complexity index is 121. The van der Waals surface area contributed by atoms with Crippen molar-refractivity contribution < 1.29 is 9.84 Å². The summed E-state index contributed by atoms with van der Waals surface area (Å²) in [5, 5.41) is 9.00.